The zero-order valence-electron chi connectivity index (χ0n) is 9.97. The normalized spacial score (nSPS) is 71.1. The van der Waals surface area contributed by atoms with Gasteiger partial charge in [-0.3, -0.25) is 4.74 Å². The van der Waals surface area contributed by atoms with Crippen molar-refractivity contribution in [2.24, 2.45) is 0 Å². The van der Waals surface area contributed by atoms with E-state index in [1.54, 1.807) is 0 Å². The van der Waals surface area contributed by atoms with Crippen LogP contribution in [0.2, 0.25) is 0 Å². The van der Waals surface area contributed by atoms with Crippen molar-refractivity contribution in [2.75, 3.05) is 6.61 Å². The highest BCUT2D eigenvalue weighted by molar-refractivity contribution is 7.49. The number of phosphoric acid groups is 2. The molecule has 16 heteroatoms. The van der Waals surface area contributed by atoms with E-state index >= 15 is 0 Å². The minimum Gasteiger partial charge on any atom is -0.391 e. The van der Waals surface area contributed by atoms with Crippen LogP contribution < -0.4 is 0 Å². The zero-order valence-corrected chi connectivity index (χ0v) is 11.8. The van der Waals surface area contributed by atoms with E-state index in [9.17, 15) is 29.6 Å². The Hall–Kier alpha value is -0.0200. The predicted molar refractivity (Wildman–Crippen MR) is 51.3 cm³/mol. The molecule has 0 aromatic carbocycles. The first-order valence-electron chi connectivity index (χ1n) is 5.60. The van der Waals surface area contributed by atoms with Crippen molar-refractivity contribution in [1.29, 1.82) is 0 Å². The molecular weight excluding hydrogens is 358 g/mol. The molecular formula is C6H6O14P2. The van der Waals surface area contributed by atoms with Gasteiger partial charge in [0.05, 0.1) is 0 Å². The number of aliphatic hydroxyl groups is 4. The number of phosphoric ester groups is 2. The maximum Gasteiger partial charge on any atom is 0.508 e. The van der Waals surface area contributed by atoms with Crippen LogP contribution in [0.4, 0.5) is 0 Å². The molecule has 5 heterocycles. The quantitative estimate of drug-likeness (QED) is 0.288. The second kappa shape index (κ2) is 3.22. The molecule has 5 aliphatic heterocycles. The van der Waals surface area contributed by atoms with E-state index in [1.165, 1.54) is 0 Å². The van der Waals surface area contributed by atoms with Crippen molar-refractivity contribution < 1.29 is 66.5 Å². The van der Waals surface area contributed by atoms with Crippen LogP contribution in [0.1, 0.15) is 0 Å². The number of rotatable bonds is 1. The van der Waals surface area contributed by atoms with Crippen LogP contribution in [0.5, 0.6) is 0 Å². The van der Waals surface area contributed by atoms with Crippen molar-refractivity contribution >= 4 is 15.6 Å². The molecule has 5 saturated heterocycles. The lowest BCUT2D eigenvalue weighted by atomic mass is 9.85. The van der Waals surface area contributed by atoms with Crippen LogP contribution in [0.3, 0.4) is 0 Å². The van der Waals surface area contributed by atoms with Gasteiger partial charge in [0.15, 0.2) is 0 Å². The number of ether oxygens (including phenoxy) is 1. The molecule has 0 amide bonds. The molecule has 4 N–H and O–H groups in total. The molecule has 0 saturated carbocycles. The van der Waals surface area contributed by atoms with Crippen molar-refractivity contribution in [3.63, 3.8) is 0 Å². The minimum absolute atomic E-state index is 1.29. The van der Waals surface area contributed by atoms with Gasteiger partial charge in [-0.2, -0.15) is 4.89 Å². The van der Waals surface area contributed by atoms with Crippen LogP contribution in [0.15, 0.2) is 0 Å². The molecule has 22 heavy (non-hydrogen) atoms. The average Bonchev–Trinajstić information content (AvgIpc) is 2.80. The van der Waals surface area contributed by atoms with Gasteiger partial charge in [-0.15, -0.1) is 4.67 Å². The van der Waals surface area contributed by atoms with E-state index in [-0.39, 0.29) is 0 Å². The minimum atomic E-state index is -4.75. The summed E-state index contributed by atoms with van der Waals surface area (Å²) in [6, 6.07) is 0. The Morgan fingerprint density at radius 1 is 0.818 bits per heavy atom. The van der Waals surface area contributed by atoms with E-state index in [1.807, 2.05) is 0 Å². The molecule has 7 atom stereocenters. The van der Waals surface area contributed by atoms with Gasteiger partial charge in [0.1, 0.15) is 6.61 Å². The summed E-state index contributed by atoms with van der Waals surface area (Å²) >= 11 is 0. The maximum atomic E-state index is 12.1. The lowest BCUT2D eigenvalue weighted by Crippen LogP contribution is -2.87. The van der Waals surface area contributed by atoms with Gasteiger partial charge in [-0.25, -0.2) is 31.7 Å². The number of hydrogen-bond acceptors (Lipinski definition) is 14. The number of aliphatic hydroxyl groups excluding tert-OH is 1. The first-order valence-corrected chi connectivity index (χ1v) is 8.52. The molecule has 5 aliphatic rings. The molecule has 5 bridgehead atoms. The first-order chi connectivity index (χ1) is 10.0. The zero-order chi connectivity index (χ0) is 15.9. The lowest BCUT2D eigenvalue weighted by molar-refractivity contribution is -0.630. The number of fused-ring (bicyclic) bond motifs is 3. The average molecular weight is 364 g/mol. The molecule has 124 valence electrons. The molecule has 0 aromatic heterocycles. The molecule has 5 fully saturated rings. The molecule has 1 spiro atoms. The van der Waals surface area contributed by atoms with Crippen molar-refractivity contribution in [2.45, 2.75) is 29.1 Å². The highest BCUT2D eigenvalue weighted by Crippen LogP contribution is 2.85. The van der Waals surface area contributed by atoms with Gasteiger partial charge in [0.2, 0.25) is 0 Å². The van der Waals surface area contributed by atoms with E-state index in [4.69, 9.17) is 9.26 Å². The summed E-state index contributed by atoms with van der Waals surface area (Å²) in [7, 11) is -9.44. The van der Waals surface area contributed by atoms with Gasteiger partial charge in [-0.05, 0) is 0 Å². The van der Waals surface area contributed by atoms with E-state index in [2.05, 4.69) is 27.7 Å². The molecule has 0 aromatic rings. The summed E-state index contributed by atoms with van der Waals surface area (Å²) < 4.78 is 56.6. The Morgan fingerprint density at radius 3 is 2.09 bits per heavy atom. The maximum absolute atomic E-state index is 12.1. The van der Waals surface area contributed by atoms with Crippen LogP contribution in [0, 0.1) is 0 Å². The van der Waals surface area contributed by atoms with Crippen LogP contribution >= 0.6 is 15.6 Å². The van der Waals surface area contributed by atoms with Crippen LogP contribution in [-0.2, 0) is 46.0 Å². The molecule has 0 aliphatic carbocycles. The van der Waals surface area contributed by atoms with Gasteiger partial charge < -0.3 is 20.4 Å². The highest BCUT2D eigenvalue weighted by atomic mass is 31.2. The smallest absolute Gasteiger partial charge is 0.391 e. The highest BCUT2D eigenvalue weighted by Gasteiger charge is 3.02. The predicted octanol–water partition coefficient (Wildman–Crippen LogP) is -2.27. The van der Waals surface area contributed by atoms with Gasteiger partial charge in [-0.1, -0.05) is 0 Å². The lowest BCUT2D eigenvalue weighted by Gasteiger charge is -2.56. The summed E-state index contributed by atoms with van der Waals surface area (Å²) in [4.78, 5) is 4.48. The Bertz CT molecular complexity index is 707. The summed E-state index contributed by atoms with van der Waals surface area (Å²) in [5.41, 5.74) is 0. The largest absolute Gasteiger partial charge is 0.508 e. The van der Waals surface area contributed by atoms with Gasteiger partial charge in [0.25, 0.3) is 11.6 Å². The summed E-state index contributed by atoms with van der Waals surface area (Å²) in [5.74, 6) is -16.0. The topological polar surface area (TPSA) is 189 Å². The Kier molecular flexibility index (Phi) is 2.10. The molecule has 5 rings (SSSR count). The third kappa shape index (κ3) is 1.07. The number of hydrogen-bond donors (Lipinski definition) is 4. The SMILES string of the molecule is O=P12OOC34O[C@](CO)(O1)[C@@](O)(O2)[C@]1(O)OP(=O)(O3)O[C@@]41O. The second-order valence-corrected chi connectivity index (χ2v) is 7.86. The van der Waals surface area contributed by atoms with Crippen molar-refractivity contribution in [3.8, 4) is 0 Å². The van der Waals surface area contributed by atoms with Gasteiger partial charge in [0, 0.05) is 0 Å². The fraction of sp³-hybridized carbons (Fsp3) is 1.00. The standard InChI is InChI=1S/C6H6O14P2/c7-1-2-3(8)4(9)5(10)6(13-2,19-21(11,17-4)18-5)14-20-22(12,15-2)16-3/h7-10H,1H2/t2-,3-,4+,5-,6?,21?,22?/m1/s1. The Balaban J connectivity index is 1.87. The Labute approximate surface area is 119 Å². The van der Waals surface area contributed by atoms with Crippen molar-refractivity contribution in [1.82, 2.24) is 0 Å². The summed E-state index contributed by atoms with van der Waals surface area (Å²) in [6.45, 7) is -1.29. The summed E-state index contributed by atoms with van der Waals surface area (Å²) in [5, 5.41) is 41.0. The second-order valence-electron chi connectivity index (χ2n) is 5.01. The molecule has 3 unspecified atom stereocenters. The molecule has 14 nitrogen and oxygen atoms in total. The fourth-order valence-electron chi connectivity index (χ4n) is 2.85. The van der Waals surface area contributed by atoms with E-state index < -0.39 is 51.4 Å². The third-order valence-electron chi connectivity index (χ3n) is 3.82. The molecule has 0 radical (unpaired) electrons. The summed E-state index contributed by atoms with van der Waals surface area (Å²) in [6.07, 6.45) is 0. The monoisotopic (exact) mass is 364 g/mol. The van der Waals surface area contributed by atoms with Crippen LogP contribution in [0.25, 0.3) is 0 Å². The first kappa shape index (κ1) is 14.3. The van der Waals surface area contributed by atoms with Crippen molar-refractivity contribution in [3.05, 3.63) is 0 Å². The van der Waals surface area contributed by atoms with E-state index in [0.717, 1.165) is 0 Å². The van der Waals surface area contributed by atoms with E-state index in [0.29, 0.717) is 0 Å². The van der Waals surface area contributed by atoms with Gasteiger partial charge >= 0.3 is 33.2 Å². The van der Waals surface area contributed by atoms with Crippen LogP contribution in [-0.4, -0.2) is 56.2 Å². The Morgan fingerprint density at radius 2 is 1.45 bits per heavy atom. The third-order valence-corrected chi connectivity index (χ3v) is 6.52. The fourth-order valence-corrected chi connectivity index (χ4v) is 6.04.